The first-order valence-electron chi connectivity index (χ1n) is 6.69. The Morgan fingerprint density at radius 1 is 1.26 bits per heavy atom. The maximum Gasteiger partial charge on any atom is 0.211 e. The maximum atomic E-state index is 11.7. The summed E-state index contributed by atoms with van der Waals surface area (Å²) < 4.78 is 26.0. The topological polar surface area (TPSA) is 71.1 Å². The summed E-state index contributed by atoms with van der Waals surface area (Å²) in [7, 11) is -3.13. The van der Waals surface area contributed by atoms with E-state index in [1.807, 2.05) is 5.38 Å². The van der Waals surface area contributed by atoms with Gasteiger partial charge in [0.25, 0.3) is 0 Å². The van der Waals surface area contributed by atoms with Gasteiger partial charge in [-0.3, -0.25) is 0 Å². The molecule has 0 radical (unpaired) electrons. The molecule has 0 saturated heterocycles. The Labute approximate surface area is 119 Å². The summed E-state index contributed by atoms with van der Waals surface area (Å²) in [4.78, 5) is 4.12. The van der Waals surface area contributed by atoms with Crippen LogP contribution in [0.25, 0.3) is 0 Å². The molecular formula is C12H23N3O2S2. The van der Waals surface area contributed by atoms with Crippen LogP contribution in [0.2, 0.25) is 0 Å². The third-order valence-corrected chi connectivity index (χ3v) is 4.74. The summed E-state index contributed by atoms with van der Waals surface area (Å²) in [6.45, 7) is 4.44. The van der Waals surface area contributed by atoms with Gasteiger partial charge in [-0.1, -0.05) is 6.92 Å². The van der Waals surface area contributed by atoms with Gasteiger partial charge in [0.2, 0.25) is 10.0 Å². The fourth-order valence-electron chi connectivity index (χ4n) is 1.61. The van der Waals surface area contributed by atoms with Crippen LogP contribution in [0.3, 0.4) is 0 Å². The molecule has 1 aromatic rings. The number of hydrogen-bond acceptors (Lipinski definition) is 5. The molecule has 0 fully saturated rings. The van der Waals surface area contributed by atoms with Gasteiger partial charge in [-0.05, 0) is 32.4 Å². The van der Waals surface area contributed by atoms with Crippen LogP contribution in [0, 0.1) is 0 Å². The maximum absolute atomic E-state index is 11.7. The molecule has 1 aromatic heterocycles. The lowest BCUT2D eigenvalue weighted by atomic mass is 10.3. The summed E-state index contributed by atoms with van der Waals surface area (Å²) in [5, 5.41) is 5.20. The van der Waals surface area contributed by atoms with Crippen LogP contribution in [0.4, 0.5) is 0 Å². The Hall–Kier alpha value is -0.500. The molecule has 0 aliphatic carbocycles. The third kappa shape index (κ3) is 8.30. The SMILES string of the molecule is CCCNCCCCS(=O)(=O)NCCc1cscn1. The molecule has 0 unspecified atom stereocenters. The smallest absolute Gasteiger partial charge is 0.211 e. The van der Waals surface area contributed by atoms with Gasteiger partial charge >= 0.3 is 0 Å². The van der Waals surface area contributed by atoms with Crippen molar-refractivity contribution in [3.8, 4) is 0 Å². The molecule has 5 nitrogen and oxygen atoms in total. The zero-order chi connectivity index (χ0) is 14.0. The Morgan fingerprint density at radius 3 is 2.79 bits per heavy atom. The minimum atomic E-state index is -3.13. The number of thiazole rings is 1. The van der Waals surface area contributed by atoms with E-state index in [-0.39, 0.29) is 5.75 Å². The van der Waals surface area contributed by atoms with Crippen LogP contribution in [0.5, 0.6) is 0 Å². The van der Waals surface area contributed by atoms with Crippen molar-refractivity contribution < 1.29 is 8.42 Å². The minimum absolute atomic E-state index is 0.206. The normalized spacial score (nSPS) is 11.8. The van der Waals surface area contributed by atoms with Crippen LogP contribution in [0.15, 0.2) is 10.9 Å². The molecular weight excluding hydrogens is 282 g/mol. The van der Waals surface area contributed by atoms with E-state index in [1.54, 1.807) is 5.51 Å². The highest BCUT2D eigenvalue weighted by molar-refractivity contribution is 7.89. The molecule has 0 atom stereocenters. The van der Waals surface area contributed by atoms with E-state index >= 15 is 0 Å². The highest BCUT2D eigenvalue weighted by atomic mass is 32.2. The van der Waals surface area contributed by atoms with Crippen LogP contribution < -0.4 is 10.0 Å². The highest BCUT2D eigenvalue weighted by Gasteiger charge is 2.09. The predicted molar refractivity (Wildman–Crippen MR) is 80.0 cm³/mol. The lowest BCUT2D eigenvalue weighted by molar-refractivity contribution is 0.572. The third-order valence-electron chi connectivity index (χ3n) is 2.63. The Morgan fingerprint density at radius 2 is 2.11 bits per heavy atom. The van der Waals surface area contributed by atoms with E-state index in [2.05, 4.69) is 21.9 Å². The summed E-state index contributed by atoms with van der Waals surface area (Å²) in [6.07, 6.45) is 3.35. The predicted octanol–water partition coefficient (Wildman–Crippen LogP) is 1.38. The zero-order valence-electron chi connectivity index (χ0n) is 11.4. The average Bonchev–Trinajstić information content (AvgIpc) is 2.86. The monoisotopic (exact) mass is 305 g/mol. The number of aromatic nitrogens is 1. The average molecular weight is 305 g/mol. The molecule has 1 heterocycles. The van der Waals surface area contributed by atoms with Gasteiger partial charge in [0.15, 0.2) is 0 Å². The lowest BCUT2D eigenvalue weighted by Crippen LogP contribution is -2.29. The molecule has 0 aliphatic rings. The second kappa shape index (κ2) is 9.41. The Bertz CT molecular complexity index is 418. The lowest BCUT2D eigenvalue weighted by Gasteiger charge is -2.06. The molecule has 2 N–H and O–H groups in total. The number of sulfonamides is 1. The van der Waals surface area contributed by atoms with Crippen molar-refractivity contribution in [3.63, 3.8) is 0 Å². The van der Waals surface area contributed by atoms with Crippen molar-refractivity contribution in [2.24, 2.45) is 0 Å². The van der Waals surface area contributed by atoms with Crippen molar-refractivity contribution in [1.82, 2.24) is 15.0 Å². The van der Waals surface area contributed by atoms with E-state index in [1.165, 1.54) is 11.3 Å². The summed E-state index contributed by atoms with van der Waals surface area (Å²) >= 11 is 1.53. The van der Waals surface area contributed by atoms with Gasteiger partial charge in [-0.2, -0.15) is 0 Å². The quantitative estimate of drug-likeness (QED) is 0.606. The van der Waals surface area contributed by atoms with Crippen LogP contribution in [-0.2, 0) is 16.4 Å². The fourth-order valence-corrected chi connectivity index (χ4v) is 3.35. The molecule has 1 rings (SSSR count). The fraction of sp³-hybridized carbons (Fsp3) is 0.750. The van der Waals surface area contributed by atoms with Crippen molar-refractivity contribution in [1.29, 1.82) is 0 Å². The number of hydrogen-bond donors (Lipinski definition) is 2. The minimum Gasteiger partial charge on any atom is -0.317 e. The summed E-state index contributed by atoms with van der Waals surface area (Å²) in [5.41, 5.74) is 2.70. The molecule has 110 valence electrons. The standard InChI is InChI=1S/C12H23N3O2S2/c1-2-6-13-7-3-4-9-19(16,17)15-8-5-12-10-18-11-14-12/h10-11,13,15H,2-9H2,1H3. The Balaban J connectivity index is 2.07. The van der Waals surface area contributed by atoms with Crippen molar-refractivity contribution in [3.05, 3.63) is 16.6 Å². The molecule has 0 aliphatic heterocycles. The molecule has 0 amide bonds. The highest BCUT2D eigenvalue weighted by Crippen LogP contribution is 2.01. The first-order valence-corrected chi connectivity index (χ1v) is 9.28. The number of unbranched alkanes of at least 4 members (excludes halogenated alkanes) is 1. The van der Waals surface area contributed by atoms with Crippen LogP contribution in [-0.4, -0.2) is 38.8 Å². The second-order valence-electron chi connectivity index (χ2n) is 4.40. The Kier molecular flexibility index (Phi) is 8.20. The van der Waals surface area contributed by atoms with E-state index in [0.717, 1.165) is 31.6 Å². The van der Waals surface area contributed by atoms with Crippen LogP contribution >= 0.6 is 11.3 Å². The number of rotatable bonds is 11. The molecule has 0 spiro atoms. The van der Waals surface area contributed by atoms with Gasteiger partial charge < -0.3 is 5.32 Å². The van der Waals surface area contributed by atoms with E-state index in [0.29, 0.717) is 19.4 Å². The molecule has 0 aromatic carbocycles. The second-order valence-corrected chi connectivity index (χ2v) is 7.05. The number of nitrogens with zero attached hydrogens (tertiary/aromatic N) is 1. The summed E-state index contributed by atoms with van der Waals surface area (Å²) in [5.74, 6) is 0.206. The van der Waals surface area contributed by atoms with E-state index in [4.69, 9.17) is 0 Å². The summed E-state index contributed by atoms with van der Waals surface area (Å²) in [6, 6.07) is 0. The van der Waals surface area contributed by atoms with Gasteiger partial charge in [0, 0.05) is 18.3 Å². The van der Waals surface area contributed by atoms with Gasteiger partial charge in [0.05, 0.1) is 17.0 Å². The van der Waals surface area contributed by atoms with Crippen molar-refractivity contribution in [2.45, 2.75) is 32.6 Å². The first kappa shape index (κ1) is 16.6. The van der Waals surface area contributed by atoms with E-state index in [9.17, 15) is 8.42 Å². The van der Waals surface area contributed by atoms with E-state index < -0.39 is 10.0 Å². The van der Waals surface area contributed by atoms with Gasteiger partial charge in [-0.15, -0.1) is 11.3 Å². The zero-order valence-corrected chi connectivity index (χ0v) is 13.0. The van der Waals surface area contributed by atoms with Gasteiger partial charge in [-0.25, -0.2) is 18.1 Å². The molecule has 19 heavy (non-hydrogen) atoms. The van der Waals surface area contributed by atoms with Gasteiger partial charge in [0.1, 0.15) is 0 Å². The molecule has 0 bridgehead atoms. The van der Waals surface area contributed by atoms with Crippen LogP contribution in [0.1, 0.15) is 31.9 Å². The first-order chi connectivity index (χ1) is 9.14. The van der Waals surface area contributed by atoms with Crippen molar-refractivity contribution >= 4 is 21.4 Å². The number of nitrogens with one attached hydrogen (secondary N) is 2. The molecule has 7 heteroatoms. The molecule has 0 saturated carbocycles. The van der Waals surface area contributed by atoms with Crippen molar-refractivity contribution in [2.75, 3.05) is 25.4 Å². The largest absolute Gasteiger partial charge is 0.317 e.